The molecule has 1 rings (SSSR count). The van der Waals surface area contributed by atoms with Gasteiger partial charge in [-0.15, -0.1) is 11.6 Å². The quantitative estimate of drug-likeness (QED) is 0.496. The van der Waals surface area contributed by atoms with E-state index in [0.29, 0.717) is 12.1 Å². The molecule has 0 radical (unpaired) electrons. The summed E-state index contributed by atoms with van der Waals surface area (Å²) in [5, 5.41) is 1.79. The van der Waals surface area contributed by atoms with E-state index < -0.39 is 0 Å². The van der Waals surface area contributed by atoms with Gasteiger partial charge in [-0.3, -0.25) is 0 Å². The summed E-state index contributed by atoms with van der Waals surface area (Å²) in [7, 11) is 0. The molecule has 0 amide bonds. The van der Waals surface area contributed by atoms with Crippen LogP contribution < -0.4 is 0 Å². The molecule has 0 aliphatic rings. The Labute approximate surface area is 128 Å². The summed E-state index contributed by atoms with van der Waals surface area (Å²) < 4.78 is 0. The summed E-state index contributed by atoms with van der Waals surface area (Å²) in [5.74, 6) is -0.291. The number of hydrogen-bond donors (Lipinski definition) is 0. The fourth-order valence-corrected chi connectivity index (χ4v) is 2.17. The normalized spacial score (nSPS) is 11.4. The van der Waals surface area contributed by atoms with Crippen LogP contribution in [0, 0.1) is 5.41 Å². The van der Waals surface area contributed by atoms with Crippen molar-refractivity contribution in [2.24, 2.45) is 5.41 Å². The predicted octanol–water partition coefficient (Wildman–Crippen LogP) is 4.46. The van der Waals surface area contributed by atoms with Crippen LogP contribution in [0.3, 0.4) is 0 Å². The van der Waals surface area contributed by atoms with Gasteiger partial charge in [0.15, 0.2) is 0 Å². The number of benzene rings is 1. The van der Waals surface area contributed by atoms with Crippen molar-refractivity contribution in [3.63, 3.8) is 0 Å². The SMILES string of the molecule is C=CCC(C)(C)CN(CCCC)OC(=O)c1ccccc1. The lowest BCUT2D eigenvalue weighted by Crippen LogP contribution is -2.36. The first kappa shape index (κ1) is 17.4. The molecule has 0 saturated heterocycles. The summed E-state index contributed by atoms with van der Waals surface area (Å²) in [6, 6.07) is 9.12. The molecule has 3 heteroatoms. The molecule has 21 heavy (non-hydrogen) atoms. The van der Waals surface area contributed by atoms with E-state index in [1.807, 2.05) is 24.3 Å². The number of nitrogens with zero attached hydrogens (tertiary/aromatic N) is 1. The maximum Gasteiger partial charge on any atom is 0.357 e. The third kappa shape index (κ3) is 6.58. The Balaban J connectivity index is 2.69. The molecule has 0 N–H and O–H groups in total. The molecule has 1 aromatic rings. The van der Waals surface area contributed by atoms with Crippen molar-refractivity contribution in [2.45, 2.75) is 40.0 Å². The first-order valence-electron chi connectivity index (χ1n) is 7.61. The van der Waals surface area contributed by atoms with Crippen molar-refractivity contribution in [1.29, 1.82) is 0 Å². The number of carbonyl (C=O) groups is 1. The van der Waals surface area contributed by atoms with Crippen LogP contribution in [-0.4, -0.2) is 24.1 Å². The molecular weight excluding hydrogens is 262 g/mol. The maximum absolute atomic E-state index is 12.2. The summed E-state index contributed by atoms with van der Waals surface area (Å²) in [5.41, 5.74) is 0.618. The van der Waals surface area contributed by atoms with Crippen LogP contribution in [0.5, 0.6) is 0 Å². The van der Waals surface area contributed by atoms with Gasteiger partial charge in [0.05, 0.1) is 5.56 Å². The number of carbonyl (C=O) groups excluding carboxylic acids is 1. The maximum atomic E-state index is 12.2. The highest BCUT2D eigenvalue weighted by Crippen LogP contribution is 2.23. The van der Waals surface area contributed by atoms with Crippen molar-refractivity contribution in [1.82, 2.24) is 5.06 Å². The van der Waals surface area contributed by atoms with Crippen LogP contribution in [-0.2, 0) is 4.84 Å². The fraction of sp³-hybridized carbons (Fsp3) is 0.500. The highest BCUT2D eigenvalue weighted by molar-refractivity contribution is 5.89. The van der Waals surface area contributed by atoms with Crippen LogP contribution in [0.25, 0.3) is 0 Å². The van der Waals surface area contributed by atoms with Gasteiger partial charge in [0, 0.05) is 13.1 Å². The summed E-state index contributed by atoms with van der Waals surface area (Å²) in [6.45, 7) is 11.7. The standard InChI is InChI=1S/C18H27NO2/c1-5-7-14-19(15-18(3,4)13-6-2)21-17(20)16-11-9-8-10-12-16/h6,8-12H,2,5,7,13-15H2,1,3-4H3. The lowest BCUT2D eigenvalue weighted by molar-refractivity contribution is -0.126. The molecule has 0 bridgehead atoms. The average molecular weight is 289 g/mol. The molecule has 0 unspecified atom stereocenters. The second-order valence-electron chi connectivity index (χ2n) is 6.12. The van der Waals surface area contributed by atoms with Gasteiger partial charge in [-0.05, 0) is 30.4 Å². The molecule has 0 aliphatic carbocycles. The van der Waals surface area contributed by atoms with Crippen molar-refractivity contribution in [2.75, 3.05) is 13.1 Å². The predicted molar refractivity (Wildman–Crippen MR) is 86.9 cm³/mol. The van der Waals surface area contributed by atoms with Gasteiger partial charge in [-0.1, -0.05) is 51.5 Å². The van der Waals surface area contributed by atoms with E-state index in [2.05, 4.69) is 27.4 Å². The van der Waals surface area contributed by atoms with Gasteiger partial charge in [0.25, 0.3) is 0 Å². The zero-order valence-electron chi connectivity index (χ0n) is 13.5. The van der Waals surface area contributed by atoms with Gasteiger partial charge >= 0.3 is 5.97 Å². The lowest BCUT2D eigenvalue weighted by atomic mass is 9.89. The molecular formula is C18H27NO2. The summed E-state index contributed by atoms with van der Waals surface area (Å²) in [4.78, 5) is 17.8. The van der Waals surface area contributed by atoms with E-state index in [1.165, 1.54) is 0 Å². The highest BCUT2D eigenvalue weighted by Gasteiger charge is 2.23. The van der Waals surface area contributed by atoms with E-state index in [4.69, 9.17) is 4.84 Å². The molecule has 0 atom stereocenters. The zero-order chi connectivity index (χ0) is 15.7. The molecule has 0 spiro atoms. The van der Waals surface area contributed by atoms with E-state index >= 15 is 0 Å². The number of hydroxylamine groups is 2. The topological polar surface area (TPSA) is 29.5 Å². The third-order valence-corrected chi connectivity index (χ3v) is 3.28. The minimum atomic E-state index is -0.291. The van der Waals surface area contributed by atoms with E-state index in [0.717, 1.165) is 25.8 Å². The van der Waals surface area contributed by atoms with Crippen LogP contribution in [0.2, 0.25) is 0 Å². The Morgan fingerprint density at radius 1 is 1.33 bits per heavy atom. The van der Waals surface area contributed by atoms with E-state index in [9.17, 15) is 4.79 Å². The molecule has 116 valence electrons. The highest BCUT2D eigenvalue weighted by atomic mass is 16.7. The number of unbranched alkanes of at least 4 members (excludes halogenated alkanes) is 1. The molecule has 3 nitrogen and oxygen atoms in total. The van der Waals surface area contributed by atoms with E-state index in [1.54, 1.807) is 17.2 Å². The molecule has 0 aromatic heterocycles. The first-order chi connectivity index (χ1) is 9.98. The summed E-state index contributed by atoms with van der Waals surface area (Å²) >= 11 is 0. The van der Waals surface area contributed by atoms with Crippen LogP contribution in [0.4, 0.5) is 0 Å². The molecule has 0 saturated carbocycles. The number of hydrogen-bond acceptors (Lipinski definition) is 3. The Bertz CT molecular complexity index is 440. The Morgan fingerprint density at radius 2 is 2.00 bits per heavy atom. The van der Waals surface area contributed by atoms with Gasteiger partial charge in [0.2, 0.25) is 0 Å². The Kier molecular flexibility index (Phi) is 7.17. The number of rotatable bonds is 9. The Hall–Kier alpha value is -1.61. The largest absolute Gasteiger partial charge is 0.364 e. The van der Waals surface area contributed by atoms with Crippen LogP contribution in [0.15, 0.2) is 43.0 Å². The van der Waals surface area contributed by atoms with Gasteiger partial charge in [-0.25, -0.2) is 4.79 Å². The van der Waals surface area contributed by atoms with Gasteiger partial charge in [-0.2, -0.15) is 0 Å². The monoisotopic (exact) mass is 289 g/mol. The summed E-state index contributed by atoms with van der Waals surface area (Å²) in [6.07, 6.45) is 4.88. The minimum Gasteiger partial charge on any atom is -0.364 e. The fourth-order valence-electron chi connectivity index (χ4n) is 2.17. The molecule has 0 fully saturated rings. The lowest BCUT2D eigenvalue weighted by Gasteiger charge is -2.30. The van der Waals surface area contributed by atoms with Crippen LogP contribution >= 0.6 is 0 Å². The Morgan fingerprint density at radius 3 is 2.57 bits per heavy atom. The smallest absolute Gasteiger partial charge is 0.357 e. The molecule has 0 aliphatic heterocycles. The second kappa shape index (κ2) is 8.63. The van der Waals surface area contributed by atoms with Crippen molar-refractivity contribution in [3.8, 4) is 0 Å². The molecule has 0 heterocycles. The minimum absolute atomic E-state index is 0.0342. The first-order valence-corrected chi connectivity index (χ1v) is 7.61. The van der Waals surface area contributed by atoms with Crippen molar-refractivity contribution >= 4 is 5.97 Å². The number of allylic oxidation sites excluding steroid dienone is 1. The van der Waals surface area contributed by atoms with Crippen molar-refractivity contribution in [3.05, 3.63) is 48.6 Å². The van der Waals surface area contributed by atoms with Gasteiger partial charge in [0.1, 0.15) is 0 Å². The van der Waals surface area contributed by atoms with Gasteiger partial charge < -0.3 is 4.84 Å². The van der Waals surface area contributed by atoms with Crippen LogP contribution in [0.1, 0.15) is 50.4 Å². The van der Waals surface area contributed by atoms with E-state index in [-0.39, 0.29) is 11.4 Å². The second-order valence-corrected chi connectivity index (χ2v) is 6.12. The molecule has 1 aromatic carbocycles. The third-order valence-electron chi connectivity index (χ3n) is 3.28. The average Bonchev–Trinajstić information content (AvgIpc) is 2.45. The zero-order valence-corrected chi connectivity index (χ0v) is 13.5. The van der Waals surface area contributed by atoms with Crippen molar-refractivity contribution < 1.29 is 9.63 Å².